The average Bonchev–Trinajstić information content (AvgIpc) is 2.52. The zero-order valence-corrected chi connectivity index (χ0v) is 12.6. The van der Waals surface area contributed by atoms with Crippen LogP contribution in [0.2, 0.25) is 0 Å². The van der Waals surface area contributed by atoms with Crippen molar-refractivity contribution < 1.29 is 14.6 Å². The number of amides is 1. The van der Waals surface area contributed by atoms with Crippen molar-refractivity contribution >= 4 is 11.7 Å². The Morgan fingerprint density at radius 3 is 2.96 bits per heavy atom. The maximum Gasteiger partial charge on any atom is 0.256 e. The summed E-state index contributed by atoms with van der Waals surface area (Å²) in [6.45, 7) is 2.54. The van der Waals surface area contributed by atoms with E-state index in [-0.39, 0.29) is 29.5 Å². The Morgan fingerprint density at radius 1 is 1.39 bits per heavy atom. The Morgan fingerprint density at radius 2 is 2.22 bits per heavy atom. The van der Waals surface area contributed by atoms with Crippen LogP contribution in [0.15, 0.2) is 29.3 Å². The number of nitrogens with zero attached hydrogens (tertiary/aromatic N) is 1. The van der Waals surface area contributed by atoms with Crippen molar-refractivity contribution in [1.29, 1.82) is 0 Å². The molecule has 1 unspecified atom stereocenters. The summed E-state index contributed by atoms with van der Waals surface area (Å²) in [7, 11) is 0. The number of carbonyl (C=O) groups excluding carboxylic acids is 1. The van der Waals surface area contributed by atoms with Gasteiger partial charge in [-0.2, -0.15) is 0 Å². The molecular weight excluding hydrogens is 298 g/mol. The molecule has 1 amide bonds. The number of rotatable bonds is 4. The molecule has 1 atom stereocenters. The van der Waals surface area contributed by atoms with Crippen molar-refractivity contribution in [2.24, 2.45) is 0 Å². The van der Waals surface area contributed by atoms with Gasteiger partial charge in [0.25, 0.3) is 5.56 Å². The maximum atomic E-state index is 12.1. The van der Waals surface area contributed by atoms with E-state index in [0.717, 1.165) is 6.42 Å². The predicted octanol–water partition coefficient (Wildman–Crippen LogP) is 1.74. The first-order valence-electron chi connectivity index (χ1n) is 7.43. The minimum absolute atomic E-state index is 0.00694. The lowest BCUT2D eigenvalue weighted by Crippen LogP contribution is -2.30. The van der Waals surface area contributed by atoms with Crippen LogP contribution >= 0.6 is 0 Å². The van der Waals surface area contributed by atoms with E-state index in [0.29, 0.717) is 23.5 Å². The van der Waals surface area contributed by atoms with Crippen molar-refractivity contribution in [1.82, 2.24) is 9.97 Å². The first-order valence-corrected chi connectivity index (χ1v) is 7.43. The summed E-state index contributed by atoms with van der Waals surface area (Å²) in [5, 5.41) is 12.9. The molecule has 0 bridgehead atoms. The molecule has 1 aliphatic heterocycles. The van der Waals surface area contributed by atoms with Crippen LogP contribution in [0.25, 0.3) is 0 Å². The van der Waals surface area contributed by atoms with E-state index in [9.17, 15) is 14.7 Å². The van der Waals surface area contributed by atoms with Gasteiger partial charge in [-0.1, -0.05) is 13.0 Å². The van der Waals surface area contributed by atoms with Gasteiger partial charge < -0.3 is 20.1 Å². The molecule has 1 aliphatic rings. The Balaban J connectivity index is 2.02. The molecule has 0 radical (unpaired) electrons. The van der Waals surface area contributed by atoms with Crippen LogP contribution < -0.4 is 15.6 Å². The summed E-state index contributed by atoms with van der Waals surface area (Å²) >= 11 is 0. The minimum Gasteiger partial charge on any atom is -0.508 e. The van der Waals surface area contributed by atoms with E-state index in [1.165, 1.54) is 12.4 Å². The number of aromatic hydroxyl groups is 1. The van der Waals surface area contributed by atoms with Crippen LogP contribution in [0.3, 0.4) is 0 Å². The summed E-state index contributed by atoms with van der Waals surface area (Å²) in [6.07, 6.45) is 2.18. The van der Waals surface area contributed by atoms with E-state index < -0.39 is 5.92 Å². The number of hydrogen-bond donors (Lipinski definition) is 3. The normalized spacial score (nSPS) is 16.6. The SMILES string of the molecule is CCCOc1ccc(C2CC(=O)Nc3nc[nH]c(=O)c32)c(O)c1. The van der Waals surface area contributed by atoms with E-state index in [1.54, 1.807) is 12.1 Å². The number of carbonyl (C=O) groups is 1. The number of aromatic nitrogens is 2. The van der Waals surface area contributed by atoms with Crippen LogP contribution in [0, 0.1) is 0 Å². The largest absolute Gasteiger partial charge is 0.508 e. The number of phenolic OH excluding ortho intramolecular Hbond substituents is 1. The molecule has 23 heavy (non-hydrogen) atoms. The fourth-order valence-electron chi connectivity index (χ4n) is 2.70. The zero-order chi connectivity index (χ0) is 16.4. The molecule has 0 fully saturated rings. The Bertz CT molecular complexity index is 800. The van der Waals surface area contributed by atoms with Gasteiger partial charge >= 0.3 is 0 Å². The quantitative estimate of drug-likeness (QED) is 0.797. The van der Waals surface area contributed by atoms with Crippen LogP contribution in [0.5, 0.6) is 11.5 Å². The third-order valence-corrected chi connectivity index (χ3v) is 3.74. The van der Waals surface area contributed by atoms with E-state index >= 15 is 0 Å². The molecule has 2 aromatic rings. The number of anilines is 1. The summed E-state index contributed by atoms with van der Waals surface area (Å²) in [5.41, 5.74) is 0.527. The van der Waals surface area contributed by atoms with Gasteiger partial charge in [-0.05, 0) is 12.5 Å². The summed E-state index contributed by atoms with van der Waals surface area (Å²) in [4.78, 5) is 30.5. The Hall–Kier alpha value is -2.83. The molecule has 7 heteroatoms. The van der Waals surface area contributed by atoms with Gasteiger partial charge in [-0.15, -0.1) is 0 Å². The highest BCUT2D eigenvalue weighted by atomic mass is 16.5. The minimum atomic E-state index is -0.545. The highest BCUT2D eigenvalue weighted by Crippen LogP contribution is 2.38. The number of aromatic amines is 1. The molecule has 3 rings (SSSR count). The lowest BCUT2D eigenvalue weighted by atomic mass is 9.86. The molecule has 0 saturated heterocycles. The molecule has 120 valence electrons. The Labute approximate surface area is 132 Å². The molecule has 0 aliphatic carbocycles. The monoisotopic (exact) mass is 315 g/mol. The van der Waals surface area contributed by atoms with Crippen molar-refractivity contribution in [3.63, 3.8) is 0 Å². The fourth-order valence-corrected chi connectivity index (χ4v) is 2.70. The van der Waals surface area contributed by atoms with Crippen molar-refractivity contribution in [2.75, 3.05) is 11.9 Å². The van der Waals surface area contributed by atoms with Crippen LogP contribution in [-0.4, -0.2) is 27.6 Å². The molecule has 1 aromatic heterocycles. The van der Waals surface area contributed by atoms with Crippen LogP contribution in [0.1, 0.15) is 36.8 Å². The third kappa shape index (κ3) is 2.90. The number of phenols is 1. The number of fused-ring (bicyclic) bond motifs is 1. The van der Waals surface area contributed by atoms with Crippen LogP contribution in [-0.2, 0) is 4.79 Å². The molecule has 3 N–H and O–H groups in total. The number of H-pyrrole nitrogens is 1. The maximum absolute atomic E-state index is 12.1. The molecule has 7 nitrogen and oxygen atoms in total. The second kappa shape index (κ2) is 6.12. The zero-order valence-electron chi connectivity index (χ0n) is 12.6. The van der Waals surface area contributed by atoms with Gasteiger partial charge in [0.05, 0.1) is 18.5 Å². The summed E-state index contributed by atoms with van der Waals surface area (Å²) in [6, 6.07) is 4.91. The van der Waals surface area contributed by atoms with E-state index in [2.05, 4.69) is 15.3 Å². The first kappa shape index (κ1) is 15.1. The standard InChI is InChI=1S/C16H17N3O4/c1-2-5-23-9-3-4-10(12(20)6-9)11-7-13(21)19-15-14(11)16(22)18-8-17-15/h3-4,6,8,11,20H,2,5,7H2,1H3,(H2,17,18,19,21,22). The third-order valence-electron chi connectivity index (χ3n) is 3.74. The van der Waals surface area contributed by atoms with Crippen molar-refractivity contribution in [2.45, 2.75) is 25.7 Å². The summed E-state index contributed by atoms with van der Waals surface area (Å²) < 4.78 is 5.47. The topological polar surface area (TPSA) is 104 Å². The molecular formula is C16H17N3O4. The lowest BCUT2D eigenvalue weighted by molar-refractivity contribution is -0.116. The molecule has 0 spiro atoms. The Kier molecular flexibility index (Phi) is 4.01. The number of nitrogens with one attached hydrogen (secondary N) is 2. The first-order chi connectivity index (χ1) is 11.1. The van der Waals surface area contributed by atoms with Gasteiger partial charge in [0, 0.05) is 24.0 Å². The predicted molar refractivity (Wildman–Crippen MR) is 83.8 cm³/mol. The molecule has 1 aromatic carbocycles. The number of hydrogen-bond acceptors (Lipinski definition) is 5. The van der Waals surface area contributed by atoms with Gasteiger partial charge in [0.15, 0.2) is 0 Å². The fraction of sp³-hybridized carbons (Fsp3) is 0.312. The van der Waals surface area contributed by atoms with Gasteiger partial charge in [0.1, 0.15) is 17.3 Å². The second-order valence-corrected chi connectivity index (χ2v) is 5.37. The van der Waals surface area contributed by atoms with E-state index in [1.807, 2.05) is 6.92 Å². The lowest BCUT2D eigenvalue weighted by Gasteiger charge is -2.24. The van der Waals surface area contributed by atoms with Gasteiger partial charge in [-0.3, -0.25) is 9.59 Å². The van der Waals surface area contributed by atoms with Gasteiger partial charge in [-0.25, -0.2) is 4.98 Å². The van der Waals surface area contributed by atoms with Gasteiger partial charge in [0.2, 0.25) is 5.91 Å². The van der Waals surface area contributed by atoms with E-state index in [4.69, 9.17) is 4.74 Å². The smallest absolute Gasteiger partial charge is 0.256 e. The second-order valence-electron chi connectivity index (χ2n) is 5.37. The average molecular weight is 315 g/mol. The highest BCUT2D eigenvalue weighted by Gasteiger charge is 2.31. The molecule has 0 saturated carbocycles. The van der Waals surface area contributed by atoms with Crippen LogP contribution in [0.4, 0.5) is 5.82 Å². The molecule has 2 heterocycles. The highest BCUT2D eigenvalue weighted by molar-refractivity contribution is 5.94. The van der Waals surface area contributed by atoms with Crippen molar-refractivity contribution in [3.8, 4) is 11.5 Å². The summed E-state index contributed by atoms with van der Waals surface area (Å²) in [5.74, 6) is -0.00960. The number of ether oxygens (including phenoxy) is 1. The number of benzene rings is 1. The van der Waals surface area contributed by atoms with Crippen molar-refractivity contribution in [3.05, 3.63) is 46.0 Å².